The van der Waals surface area contributed by atoms with Crippen LogP contribution in [0.3, 0.4) is 0 Å². The molecule has 0 aliphatic rings. The summed E-state index contributed by atoms with van der Waals surface area (Å²) in [6.45, 7) is 0. The fourth-order valence-electron chi connectivity index (χ4n) is 2.46. The van der Waals surface area contributed by atoms with Crippen LogP contribution in [0, 0.1) is 4.38 Å². The van der Waals surface area contributed by atoms with Crippen LogP contribution in [0.4, 0.5) is 0 Å². The first-order valence-corrected chi connectivity index (χ1v) is 9.23. The van der Waals surface area contributed by atoms with Crippen molar-refractivity contribution < 1.29 is 4.57 Å². The zero-order chi connectivity index (χ0) is 14.4. The number of thiazole rings is 2. The molecule has 4 rings (SSSR count). The topological polar surface area (TPSA) is 8.81 Å². The van der Waals surface area contributed by atoms with Crippen LogP contribution in [0.1, 0.15) is 0 Å². The third-order valence-corrected chi connectivity index (χ3v) is 7.74. The van der Waals surface area contributed by atoms with Crippen LogP contribution in [0.15, 0.2) is 48.5 Å². The van der Waals surface area contributed by atoms with E-state index >= 15 is 0 Å². The fraction of sp³-hybridized carbons (Fsp3) is 0.125. The number of fused-ring (bicyclic) bond motifs is 2. The van der Waals surface area contributed by atoms with Gasteiger partial charge in [-0.3, -0.25) is 0 Å². The second-order valence-electron chi connectivity index (χ2n) is 4.93. The highest BCUT2D eigenvalue weighted by Crippen LogP contribution is 2.26. The van der Waals surface area contributed by atoms with Crippen molar-refractivity contribution in [1.29, 1.82) is 0 Å². The van der Waals surface area contributed by atoms with Crippen molar-refractivity contribution in [3.63, 3.8) is 0 Å². The highest BCUT2D eigenvalue weighted by Gasteiger charge is 2.15. The lowest BCUT2D eigenvalue weighted by molar-refractivity contribution is -0.622. The van der Waals surface area contributed by atoms with E-state index in [0.717, 1.165) is 0 Å². The molecular formula is C16H14N2PS2+. The molecule has 0 atom stereocenters. The van der Waals surface area contributed by atoms with Gasteiger partial charge >= 0.3 is 0 Å². The third kappa shape index (κ3) is 2.15. The van der Waals surface area contributed by atoms with Crippen molar-refractivity contribution in [3.05, 3.63) is 52.9 Å². The van der Waals surface area contributed by atoms with Gasteiger partial charge < -0.3 is 4.57 Å². The van der Waals surface area contributed by atoms with E-state index in [4.69, 9.17) is 0 Å². The van der Waals surface area contributed by atoms with Gasteiger partial charge in [-0.25, -0.2) is 0 Å². The Labute approximate surface area is 132 Å². The van der Waals surface area contributed by atoms with Crippen molar-refractivity contribution in [2.24, 2.45) is 14.1 Å². The predicted octanol–water partition coefficient (Wildman–Crippen LogP) is 4.08. The van der Waals surface area contributed by atoms with Gasteiger partial charge in [0.25, 0.3) is 4.75 Å². The van der Waals surface area contributed by atoms with Gasteiger partial charge in [0.05, 0.1) is 18.4 Å². The zero-order valence-corrected chi connectivity index (χ0v) is 14.3. The summed E-state index contributed by atoms with van der Waals surface area (Å²) in [6.07, 6.45) is 0. The minimum Gasteiger partial charge on any atom is -0.331 e. The van der Waals surface area contributed by atoms with Gasteiger partial charge in [0.1, 0.15) is 16.1 Å². The van der Waals surface area contributed by atoms with Crippen LogP contribution < -0.4 is 9.32 Å². The molecule has 2 aromatic carbocycles. The molecule has 0 saturated heterocycles. The number of hydrogen-bond donors (Lipinski definition) is 0. The van der Waals surface area contributed by atoms with Crippen molar-refractivity contribution in [3.8, 4) is 0 Å². The summed E-state index contributed by atoms with van der Waals surface area (Å²) in [4.78, 5) is 0. The molecule has 0 fully saturated rings. The molecule has 2 heterocycles. The SMILES string of the molecule is Cn1c(=Pc2sc3ccccc3[n+]2C)sc2ccccc21. The molecule has 0 bridgehead atoms. The van der Waals surface area contributed by atoms with Crippen LogP contribution in [0.25, 0.3) is 20.4 Å². The van der Waals surface area contributed by atoms with E-state index in [1.807, 2.05) is 22.7 Å². The molecule has 0 radical (unpaired) electrons. The first-order valence-electron chi connectivity index (χ1n) is 6.71. The van der Waals surface area contributed by atoms with Crippen LogP contribution in [-0.2, 0) is 14.1 Å². The summed E-state index contributed by atoms with van der Waals surface area (Å²) < 4.78 is 10.1. The van der Waals surface area contributed by atoms with Crippen molar-refractivity contribution in [2.45, 2.75) is 0 Å². The van der Waals surface area contributed by atoms with Gasteiger partial charge in [-0.1, -0.05) is 35.6 Å². The molecule has 0 amide bonds. The summed E-state index contributed by atoms with van der Waals surface area (Å²) in [5.74, 6) is 0. The Hall–Kier alpha value is -1.48. The van der Waals surface area contributed by atoms with E-state index < -0.39 is 0 Å². The molecule has 5 heteroatoms. The number of hydrogen-bond acceptors (Lipinski definition) is 2. The molecule has 104 valence electrons. The maximum absolute atomic E-state index is 2.31. The summed E-state index contributed by atoms with van der Waals surface area (Å²) in [5, 5.41) is 0. The Balaban J connectivity index is 2.00. The lowest BCUT2D eigenvalue weighted by Crippen LogP contribution is -2.38. The number of benzene rings is 2. The number of rotatable bonds is 1. The van der Waals surface area contributed by atoms with Crippen molar-refractivity contribution in [1.82, 2.24) is 4.57 Å². The summed E-state index contributed by atoms with van der Waals surface area (Å²) in [7, 11) is 5.60. The summed E-state index contributed by atoms with van der Waals surface area (Å²) in [5.41, 5.74) is 2.63. The number of para-hydroxylation sites is 2. The van der Waals surface area contributed by atoms with E-state index in [-0.39, 0.29) is 0 Å². The Morgan fingerprint density at radius 1 is 0.952 bits per heavy atom. The van der Waals surface area contributed by atoms with Crippen molar-refractivity contribution >= 4 is 56.1 Å². The second kappa shape index (κ2) is 5.06. The lowest BCUT2D eigenvalue weighted by atomic mass is 10.3. The number of aromatic nitrogens is 2. The van der Waals surface area contributed by atoms with Crippen LogP contribution in [0.5, 0.6) is 0 Å². The minimum absolute atomic E-state index is 1.28. The van der Waals surface area contributed by atoms with E-state index in [0.29, 0.717) is 0 Å². The molecule has 0 N–H and O–H groups in total. The van der Waals surface area contributed by atoms with Crippen molar-refractivity contribution in [2.75, 3.05) is 0 Å². The molecule has 0 aliphatic carbocycles. The quantitative estimate of drug-likeness (QED) is 0.367. The average molecular weight is 329 g/mol. The normalized spacial score (nSPS) is 12.6. The van der Waals surface area contributed by atoms with E-state index in [1.165, 1.54) is 37.8 Å². The molecule has 2 aromatic heterocycles. The Kier molecular flexibility index (Phi) is 3.18. The second-order valence-corrected chi connectivity index (χ2v) is 8.67. The molecule has 0 spiro atoms. The van der Waals surface area contributed by atoms with Crippen LogP contribution in [0.2, 0.25) is 0 Å². The molecule has 0 unspecified atom stereocenters. The predicted molar refractivity (Wildman–Crippen MR) is 93.6 cm³/mol. The molecular weight excluding hydrogens is 315 g/mol. The smallest absolute Gasteiger partial charge is 0.290 e. The van der Waals surface area contributed by atoms with Gasteiger partial charge in [0, 0.05) is 13.1 Å². The first kappa shape index (κ1) is 13.2. The first-order chi connectivity index (χ1) is 10.2. The Morgan fingerprint density at radius 3 is 2.43 bits per heavy atom. The highest BCUT2D eigenvalue weighted by molar-refractivity contribution is 7.53. The highest BCUT2D eigenvalue weighted by atomic mass is 32.1. The van der Waals surface area contributed by atoms with E-state index in [2.05, 4.69) is 71.8 Å². The monoisotopic (exact) mass is 329 g/mol. The summed E-state index contributed by atoms with van der Waals surface area (Å²) >= 11 is 3.76. The standard InChI is InChI=1S/C16H14N2PS2/c1-17-11-7-3-5-9-13(11)20-15(17)19-16-18(2)12-8-4-6-10-14(12)21-16/h3-10H,1-2H3/q+1. The maximum atomic E-state index is 2.31. The van der Waals surface area contributed by atoms with Gasteiger partial charge in [0.2, 0.25) is 5.52 Å². The van der Waals surface area contributed by atoms with Gasteiger partial charge in [-0.05, 0) is 18.2 Å². The van der Waals surface area contributed by atoms with E-state index in [1.54, 1.807) is 0 Å². The lowest BCUT2D eigenvalue weighted by Gasteiger charge is -1.93. The Morgan fingerprint density at radius 2 is 1.67 bits per heavy atom. The largest absolute Gasteiger partial charge is 0.331 e. The summed E-state index contributed by atoms with van der Waals surface area (Å²) in [6, 6.07) is 17.2. The maximum Gasteiger partial charge on any atom is 0.290 e. The minimum atomic E-state index is 1.28. The van der Waals surface area contributed by atoms with Gasteiger partial charge in [-0.2, -0.15) is 4.57 Å². The zero-order valence-electron chi connectivity index (χ0n) is 11.8. The molecule has 21 heavy (non-hydrogen) atoms. The molecule has 4 aromatic rings. The van der Waals surface area contributed by atoms with Crippen LogP contribution >= 0.6 is 30.9 Å². The molecule has 2 nitrogen and oxygen atoms in total. The van der Waals surface area contributed by atoms with E-state index in [9.17, 15) is 0 Å². The number of aryl methyl sites for hydroxylation is 2. The third-order valence-electron chi connectivity index (χ3n) is 3.62. The molecule has 0 aliphatic heterocycles. The van der Waals surface area contributed by atoms with Gasteiger partial charge in [0.15, 0.2) is 0 Å². The average Bonchev–Trinajstić information content (AvgIpc) is 2.99. The fourth-order valence-corrected chi connectivity index (χ4v) is 6.56. The number of nitrogens with zero attached hydrogens (tertiary/aromatic N) is 2. The molecule has 0 saturated carbocycles. The Bertz CT molecular complexity index is 1020. The van der Waals surface area contributed by atoms with Gasteiger partial charge in [-0.15, -0.1) is 11.3 Å². The van der Waals surface area contributed by atoms with Crippen LogP contribution in [-0.4, -0.2) is 4.57 Å².